The molecule has 4 aliphatic carbocycles. The van der Waals surface area contributed by atoms with Gasteiger partial charge in [0.1, 0.15) is 0 Å². The summed E-state index contributed by atoms with van der Waals surface area (Å²) < 4.78 is 0. The second kappa shape index (κ2) is 10.1. The van der Waals surface area contributed by atoms with Gasteiger partial charge in [-0.05, 0) is 87.9 Å². The summed E-state index contributed by atoms with van der Waals surface area (Å²) in [4.78, 5) is 0. The third-order valence-electron chi connectivity index (χ3n) is 8.69. The number of hydrogen-bond acceptors (Lipinski definition) is 0. The van der Waals surface area contributed by atoms with Gasteiger partial charge in [-0.25, -0.2) is 0 Å². The Morgan fingerprint density at radius 1 is 1.13 bits per heavy atom. The Hall–Kier alpha value is -1.30. The molecule has 0 nitrogen and oxygen atoms in total. The summed E-state index contributed by atoms with van der Waals surface area (Å²) in [6, 6.07) is 0. The molecule has 0 saturated heterocycles. The van der Waals surface area contributed by atoms with E-state index in [0.29, 0.717) is 10.8 Å². The maximum absolute atomic E-state index is 4.49. The van der Waals surface area contributed by atoms with Crippen LogP contribution in [0, 0.1) is 34.5 Å². The first kappa shape index (κ1) is 26.0. The molecule has 31 heavy (non-hydrogen) atoms. The molecule has 4 aliphatic rings. The first-order valence-electron chi connectivity index (χ1n) is 12.9. The van der Waals surface area contributed by atoms with Crippen LogP contribution in [0.25, 0.3) is 0 Å². The zero-order chi connectivity index (χ0) is 23.6. The van der Waals surface area contributed by atoms with E-state index in [1.165, 1.54) is 55.2 Å². The zero-order valence-electron chi connectivity index (χ0n) is 22.0. The Labute approximate surface area is 194 Å². The van der Waals surface area contributed by atoms with Gasteiger partial charge in [-0.15, -0.1) is 6.58 Å². The van der Waals surface area contributed by atoms with Crippen LogP contribution in [0.1, 0.15) is 100 Å². The summed E-state index contributed by atoms with van der Waals surface area (Å²) in [5.41, 5.74) is 8.27. The highest BCUT2D eigenvalue weighted by molar-refractivity contribution is 5.43. The van der Waals surface area contributed by atoms with E-state index in [2.05, 4.69) is 59.6 Å². The molecule has 6 atom stereocenters. The fourth-order valence-corrected chi connectivity index (χ4v) is 7.40. The van der Waals surface area contributed by atoms with E-state index in [1.54, 1.807) is 11.1 Å². The van der Waals surface area contributed by atoms with Gasteiger partial charge in [0.25, 0.3) is 0 Å². The van der Waals surface area contributed by atoms with Gasteiger partial charge >= 0.3 is 0 Å². The Morgan fingerprint density at radius 2 is 1.74 bits per heavy atom. The molecule has 0 aromatic heterocycles. The van der Waals surface area contributed by atoms with Crippen molar-refractivity contribution >= 4 is 0 Å². The Bertz CT molecular complexity index is 755. The molecule has 0 heterocycles. The average molecular weight is 423 g/mol. The lowest BCUT2D eigenvalue weighted by atomic mass is 9.51. The van der Waals surface area contributed by atoms with Gasteiger partial charge in [-0.1, -0.05) is 94.7 Å². The zero-order valence-corrected chi connectivity index (χ0v) is 22.0. The van der Waals surface area contributed by atoms with E-state index in [4.69, 9.17) is 0 Å². The smallest absolute Gasteiger partial charge is 0.0101 e. The lowest BCUT2D eigenvalue weighted by Gasteiger charge is -2.54. The molecule has 0 bridgehead atoms. The minimum absolute atomic E-state index is 0.328. The minimum atomic E-state index is 0.328. The number of fused-ring (bicyclic) bond motifs is 5. The van der Waals surface area contributed by atoms with Crippen LogP contribution in [0.5, 0.6) is 0 Å². The maximum Gasteiger partial charge on any atom is 0.0101 e. The van der Waals surface area contributed by atoms with Crippen molar-refractivity contribution in [3.05, 3.63) is 59.8 Å². The van der Waals surface area contributed by atoms with Crippen LogP contribution in [0.15, 0.2) is 59.8 Å². The highest BCUT2D eigenvalue weighted by Crippen LogP contribution is 2.66. The average Bonchev–Trinajstić information content (AvgIpc) is 2.99. The number of hydrogen-bond donors (Lipinski definition) is 0. The third kappa shape index (κ3) is 4.74. The van der Waals surface area contributed by atoms with Gasteiger partial charge < -0.3 is 0 Å². The van der Waals surface area contributed by atoms with Crippen LogP contribution in [0.3, 0.4) is 0 Å². The van der Waals surface area contributed by atoms with Crippen LogP contribution in [0.2, 0.25) is 0 Å². The van der Waals surface area contributed by atoms with Gasteiger partial charge in [0.15, 0.2) is 0 Å². The minimum Gasteiger partial charge on any atom is -0.100 e. The van der Waals surface area contributed by atoms with Gasteiger partial charge in [0.05, 0.1) is 0 Å². The van der Waals surface area contributed by atoms with Crippen molar-refractivity contribution in [2.45, 2.75) is 100 Å². The Kier molecular flexibility index (Phi) is 8.45. The Balaban J connectivity index is 0.000000513. The molecule has 0 amide bonds. The van der Waals surface area contributed by atoms with Crippen LogP contribution in [-0.4, -0.2) is 0 Å². The first-order chi connectivity index (χ1) is 14.5. The van der Waals surface area contributed by atoms with Crippen molar-refractivity contribution in [2.75, 3.05) is 0 Å². The Morgan fingerprint density at radius 3 is 2.32 bits per heavy atom. The molecule has 0 aliphatic heterocycles. The monoisotopic (exact) mass is 422 g/mol. The summed E-state index contributed by atoms with van der Waals surface area (Å²) in [6.07, 6.45) is 14.1. The van der Waals surface area contributed by atoms with E-state index in [-0.39, 0.29) is 0 Å². The molecule has 174 valence electrons. The lowest BCUT2D eigenvalue weighted by Crippen LogP contribution is -2.44. The largest absolute Gasteiger partial charge is 0.100 e. The predicted octanol–water partition coefficient (Wildman–Crippen LogP) is 9.86. The number of rotatable bonds is 2. The van der Waals surface area contributed by atoms with Crippen molar-refractivity contribution in [1.29, 1.82) is 0 Å². The first-order valence-corrected chi connectivity index (χ1v) is 12.9. The van der Waals surface area contributed by atoms with E-state index < -0.39 is 0 Å². The van der Waals surface area contributed by atoms with E-state index >= 15 is 0 Å². The van der Waals surface area contributed by atoms with Gasteiger partial charge in [-0.3, -0.25) is 0 Å². The molecule has 0 N–H and O–H groups in total. The molecular formula is C31H50. The van der Waals surface area contributed by atoms with E-state index in [0.717, 1.165) is 30.1 Å². The molecule has 0 heteroatoms. The molecule has 0 aromatic rings. The fraction of sp³-hybridized carbons (Fsp3) is 0.677. The summed E-state index contributed by atoms with van der Waals surface area (Å²) in [7, 11) is 0. The van der Waals surface area contributed by atoms with Crippen molar-refractivity contribution in [3.8, 4) is 0 Å². The van der Waals surface area contributed by atoms with Crippen molar-refractivity contribution < 1.29 is 0 Å². The highest BCUT2D eigenvalue weighted by Gasteiger charge is 2.57. The predicted molar refractivity (Wildman–Crippen MR) is 140 cm³/mol. The van der Waals surface area contributed by atoms with Crippen LogP contribution >= 0.6 is 0 Å². The van der Waals surface area contributed by atoms with E-state index in [1.807, 2.05) is 27.7 Å². The van der Waals surface area contributed by atoms with E-state index in [9.17, 15) is 0 Å². The lowest BCUT2D eigenvalue weighted by molar-refractivity contribution is 0.0942. The van der Waals surface area contributed by atoms with Crippen LogP contribution < -0.4 is 0 Å². The van der Waals surface area contributed by atoms with Crippen LogP contribution in [0.4, 0.5) is 0 Å². The topological polar surface area (TPSA) is 0 Å². The van der Waals surface area contributed by atoms with Crippen LogP contribution in [-0.2, 0) is 0 Å². The second-order valence-electron chi connectivity index (χ2n) is 11.2. The molecular weight excluding hydrogens is 372 g/mol. The molecule has 5 unspecified atom stereocenters. The molecule has 0 aromatic carbocycles. The quantitative estimate of drug-likeness (QED) is 0.388. The second-order valence-corrected chi connectivity index (χ2v) is 11.2. The molecule has 0 spiro atoms. The van der Waals surface area contributed by atoms with Gasteiger partial charge in [0.2, 0.25) is 0 Å². The highest BCUT2D eigenvalue weighted by atomic mass is 14.6. The molecule has 2 fully saturated rings. The maximum atomic E-state index is 4.49. The van der Waals surface area contributed by atoms with Gasteiger partial charge in [-0.2, -0.15) is 0 Å². The number of allylic oxidation sites excluding steroid dienone is 7. The molecule has 2 saturated carbocycles. The van der Waals surface area contributed by atoms with Crippen molar-refractivity contribution in [2.24, 2.45) is 34.5 Å². The summed E-state index contributed by atoms with van der Waals surface area (Å²) in [6.45, 7) is 30.2. The van der Waals surface area contributed by atoms with Crippen molar-refractivity contribution in [3.63, 3.8) is 0 Å². The SMILES string of the molecule is C=C(C)C.C=C1C=C2CCC3C(=CCC4(C)C3C[C@@H](C)C4C(=C)CC)C2(C)CC1.CC. The van der Waals surface area contributed by atoms with Crippen molar-refractivity contribution in [1.82, 2.24) is 0 Å². The molecule has 4 rings (SSSR count). The standard InChI is InChI=1S/C25H36.C4H8.C2H6/c1-7-17(3)23-18(4)15-22-20-9-8-19-14-16(2)10-12-24(19,5)21(20)11-13-25(22,23)6;1-4(2)3;1-2/h11,14,18,20,22-23H,2-3,7-10,12-13,15H2,1,4-6H3;1H2,2-3H3;1-2H3/t18-,20?,22?,23?,24?,25?;;/m1../s1. The molecule has 0 radical (unpaired) electrons. The summed E-state index contributed by atoms with van der Waals surface area (Å²) in [5, 5.41) is 0. The normalized spacial score (nSPS) is 38.0. The summed E-state index contributed by atoms with van der Waals surface area (Å²) in [5.74, 6) is 3.19. The third-order valence-corrected chi connectivity index (χ3v) is 8.69. The summed E-state index contributed by atoms with van der Waals surface area (Å²) >= 11 is 0. The van der Waals surface area contributed by atoms with Gasteiger partial charge in [0, 0.05) is 5.41 Å². The fourth-order valence-electron chi connectivity index (χ4n) is 7.40.